The van der Waals surface area contributed by atoms with E-state index in [1.54, 1.807) is 44.2 Å². The number of aryl methyl sites for hydroxylation is 2. The molecule has 1 fully saturated rings. The predicted octanol–water partition coefficient (Wildman–Crippen LogP) is 2.50. The maximum Gasteiger partial charge on any atom is 0.280 e. The van der Waals surface area contributed by atoms with Crippen molar-refractivity contribution in [2.75, 3.05) is 13.1 Å². The van der Waals surface area contributed by atoms with E-state index in [2.05, 4.69) is 16.2 Å². The number of aromatic nitrogens is 3. The van der Waals surface area contributed by atoms with Gasteiger partial charge >= 0.3 is 0 Å². The summed E-state index contributed by atoms with van der Waals surface area (Å²) < 4.78 is 28.5. The Morgan fingerprint density at radius 1 is 1.13 bits per heavy atom. The van der Waals surface area contributed by atoms with E-state index in [0.29, 0.717) is 46.9 Å². The fraction of sp³-hybridized carbons (Fsp3) is 0.286. The van der Waals surface area contributed by atoms with E-state index in [4.69, 9.17) is 5.26 Å². The first kappa shape index (κ1) is 20.1. The molecule has 0 spiro atoms. The molecular weight excluding hydrogens is 402 g/mol. The summed E-state index contributed by atoms with van der Waals surface area (Å²) in [5, 5.41) is 12.0. The predicted molar refractivity (Wildman–Crippen MR) is 112 cm³/mol. The molecule has 154 valence electrons. The highest BCUT2D eigenvalue weighted by atomic mass is 32.2. The number of pyridine rings is 1. The largest absolute Gasteiger partial charge is 0.293 e. The highest BCUT2D eigenvalue weighted by Crippen LogP contribution is 2.25. The number of benzene rings is 1. The zero-order valence-electron chi connectivity index (χ0n) is 16.7. The van der Waals surface area contributed by atoms with Crippen molar-refractivity contribution in [3.05, 3.63) is 63.7 Å². The molecule has 0 aliphatic carbocycles. The van der Waals surface area contributed by atoms with Crippen LogP contribution in [-0.4, -0.2) is 40.6 Å². The molecule has 8 nitrogen and oxygen atoms in total. The van der Waals surface area contributed by atoms with E-state index in [1.165, 1.54) is 15.2 Å². The fourth-order valence-electron chi connectivity index (χ4n) is 3.75. The Kier molecular flexibility index (Phi) is 5.05. The molecule has 1 N–H and O–H groups in total. The molecule has 1 aliphatic heterocycles. The Balaban J connectivity index is 1.74. The molecule has 2 aromatic heterocycles. The quantitative estimate of drug-likeness (QED) is 0.693. The van der Waals surface area contributed by atoms with Crippen molar-refractivity contribution in [3.63, 3.8) is 0 Å². The van der Waals surface area contributed by atoms with E-state index in [9.17, 15) is 13.2 Å². The Labute approximate surface area is 174 Å². The number of nitrogens with zero attached hydrogens (tertiary/aromatic N) is 4. The first-order chi connectivity index (χ1) is 14.3. The molecule has 0 saturated carbocycles. The van der Waals surface area contributed by atoms with Crippen molar-refractivity contribution in [2.45, 2.75) is 31.6 Å². The van der Waals surface area contributed by atoms with Crippen LogP contribution in [0.5, 0.6) is 0 Å². The average Bonchev–Trinajstić information content (AvgIpc) is 3.37. The zero-order valence-corrected chi connectivity index (χ0v) is 17.5. The topological polar surface area (TPSA) is 112 Å². The number of rotatable bonds is 4. The first-order valence-corrected chi connectivity index (χ1v) is 11.1. The van der Waals surface area contributed by atoms with Crippen LogP contribution in [0.4, 0.5) is 0 Å². The molecule has 0 atom stereocenters. The van der Waals surface area contributed by atoms with Crippen molar-refractivity contribution in [1.82, 2.24) is 19.1 Å². The molecule has 30 heavy (non-hydrogen) atoms. The number of sulfonamides is 1. The van der Waals surface area contributed by atoms with Crippen LogP contribution < -0.4 is 5.56 Å². The highest BCUT2D eigenvalue weighted by molar-refractivity contribution is 7.89. The summed E-state index contributed by atoms with van der Waals surface area (Å²) in [4.78, 5) is 17.5. The fourth-order valence-corrected chi connectivity index (χ4v) is 5.42. The average molecular weight is 423 g/mol. The van der Waals surface area contributed by atoms with Crippen LogP contribution in [0.2, 0.25) is 0 Å². The number of nitriles is 1. The van der Waals surface area contributed by atoms with Gasteiger partial charge in [-0.3, -0.25) is 9.89 Å². The number of hydrogen-bond acceptors (Lipinski definition) is 5. The molecular formula is C21H21N5O3S. The molecule has 9 heteroatoms. The smallest absolute Gasteiger partial charge is 0.280 e. The second-order valence-electron chi connectivity index (χ2n) is 7.36. The van der Waals surface area contributed by atoms with Gasteiger partial charge in [0.1, 0.15) is 4.90 Å². The van der Waals surface area contributed by atoms with Crippen molar-refractivity contribution >= 4 is 10.0 Å². The summed E-state index contributed by atoms with van der Waals surface area (Å²) in [5.74, 6) is 0.320. The van der Waals surface area contributed by atoms with Gasteiger partial charge in [-0.15, -0.1) is 0 Å². The van der Waals surface area contributed by atoms with Crippen LogP contribution in [0.1, 0.15) is 29.7 Å². The van der Waals surface area contributed by atoms with Gasteiger partial charge in [0, 0.05) is 25.0 Å². The summed E-state index contributed by atoms with van der Waals surface area (Å²) in [5.41, 5.74) is 2.58. The number of hydrogen-bond donors (Lipinski definition) is 1. The third kappa shape index (κ3) is 3.34. The third-order valence-corrected chi connectivity index (χ3v) is 7.36. The van der Waals surface area contributed by atoms with Gasteiger partial charge < -0.3 is 0 Å². The summed E-state index contributed by atoms with van der Waals surface area (Å²) >= 11 is 0. The second-order valence-corrected chi connectivity index (χ2v) is 9.27. The van der Waals surface area contributed by atoms with Gasteiger partial charge in [-0.25, -0.2) is 18.1 Å². The lowest BCUT2D eigenvalue weighted by Gasteiger charge is -2.17. The molecule has 0 bridgehead atoms. The SMILES string of the molecule is Cc1cc(-n2[nH]c(C)c(-c3ccc(C#N)cc3)c2=O)ncc1S(=O)(=O)N1CCCC1. The van der Waals surface area contributed by atoms with E-state index >= 15 is 0 Å². The minimum atomic E-state index is -3.58. The van der Waals surface area contributed by atoms with Gasteiger partial charge in [-0.05, 0) is 56.0 Å². The molecule has 1 aliphatic rings. The van der Waals surface area contributed by atoms with Crippen LogP contribution in [0.3, 0.4) is 0 Å². The molecule has 3 heterocycles. The minimum Gasteiger partial charge on any atom is -0.293 e. The Morgan fingerprint density at radius 3 is 2.40 bits per heavy atom. The maximum absolute atomic E-state index is 13.0. The molecule has 1 saturated heterocycles. The molecule has 0 unspecified atom stereocenters. The van der Waals surface area contributed by atoms with Crippen LogP contribution in [-0.2, 0) is 10.0 Å². The monoisotopic (exact) mass is 423 g/mol. The van der Waals surface area contributed by atoms with Gasteiger partial charge in [-0.1, -0.05) is 12.1 Å². The lowest BCUT2D eigenvalue weighted by Crippen LogP contribution is -2.28. The Bertz CT molecular complexity index is 1310. The molecule has 0 amide bonds. The van der Waals surface area contributed by atoms with Gasteiger partial charge in [0.05, 0.1) is 17.2 Å². The summed E-state index contributed by atoms with van der Waals surface area (Å²) in [6.07, 6.45) is 3.04. The molecule has 0 radical (unpaired) electrons. The van der Waals surface area contributed by atoms with Gasteiger partial charge in [0.25, 0.3) is 5.56 Å². The van der Waals surface area contributed by atoms with Crippen molar-refractivity contribution in [1.29, 1.82) is 5.26 Å². The standard InChI is InChI=1S/C21H21N5O3S/c1-14-11-19(23-13-18(14)30(28,29)25-9-3-4-10-25)26-21(27)20(15(2)24-26)17-7-5-16(12-22)6-8-17/h5-8,11,13,24H,3-4,9-10H2,1-2H3. The van der Waals surface area contributed by atoms with Crippen LogP contribution in [0, 0.1) is 25.2 Å². The van der Waals surface area contributed by atoms with Gasteiger partial charge in [0.15, 0.2) is 5.82 Å². The number of aromatic amines is 1. The number of nitrogens with one attached hydrogen (secondary N) is 1. The summed E-state index contributed by atoms with van der Waals surface area (Å²) in [6, 6.07) is 10.4. The Hall–Kier alpha value is -3.22. The van der Waals surface area contributed by atoms with Gasteiger partial charge in [0.2, 0.25) is 10.0 Å². The Morgan fingerprint density at radius 2 is 1.80 bits per heavy atom. The van der Waals surface area contributed by atoms with Crippen LogP contribution in [0.15, 0.2) is 46.2 Å². The van der Waals surface area contributed by atoms with Crippen molar-refractivity contribution < 1.29 is 8.42 Å². The minimum absolute atomic E-state index is 0.164. The first-order valence-electron chi connectivity index (χ1n) is 9.62. The maximum atomic E-state index is 13.0. The molecule has 1 aromatic carbocycles. The van der Waals surface area contributed by atoms with Crippen LogP contribution in [0.25, 0.3) is 16.9 Å². The summed E-state index contributed by atoms with van der Waals surface area (Å²) in [7, 11) is -3.58. The van der Waals surface area contributed by atoms with E-state index in [0.717, 1.165) is 12.8 Å². The lowest BCUT2D eigenvalue weighted by molar-refractivity contribution is 0.476. The third-order valence-electron chi connectivity index (χ3n) is 5.33. The van der Waals surface area contributed by atoms with E-state index in [1.807, 2.05) is 0 Å². The molecule has 3 aromatic rings. The normalized spacial score (nSPS) is 14.7. The molecule has 4 rings (SSSR count). The lowest BCUT2D eigenvalue weighted by atomic mass is 10.1. The van der Waals surface area contributed by atoms with Crippen LogP contribution >= 0.6 is 0 Å². The highest BCUT2D eigenvalue weighted by Gasteiger charge is 2.29. The van der Waals surface area contributed by atoms with Crippen molar-refractivity contribution in [2.24, 2.45) is 0 Å². The van der Waals surface area contributed by atoms with E-state index in [-0.39, 0.29) is 10.5 Å². The summed E-state index contributed by atoms with van der Waals surface area (Å²) in [6.45, 7) is 4.53. The van der Waals surface area contributed by atoms with E-state index < -0.39 is 10.0 Å². The second kappa shape index (κ2) is 7.55. The van der Waals surface area contributed by atoms with Gasteiger partial charge in [-0.2, -0.15) is 9.57 Å². The zero-order chi connectivity index (χ0) is 21.5. The van der Waals surface area contributed by atoms with Crippen molar-refractivity contribution in [3.8, 4) is 23.0 Å². The number of H-pyrrole nitrogens is 1.